The fourth-order valence-corrected chi connectivity index (χ4v) is 11.0. The average Bonchev–Trinajstić information content (AvgIpc) is 1.42. The summed E-state index contributed by atoms with van der Waals surface area (Å²) >= 11 is 4.23. The second kappa shape index (κ2) is 40.3. The van der Waals surface area contributed by atoms with Crippen molar-refractivity contribution in [2.45, 2.75) is 203 Å². The average molecular weight is 1460 g/mol. The van der Waals surface area contributed by atoms with Crippen molar-refractivity contribution in [1.82, 2.24) is 68.7 Å². The predicted molar refractivity (Wildman–Crippen MR) is 359 cm³/mol. The van der Waals surface area contributed by atoms with Crippen LogP contribution in [-0.4, -0.2) is 245 Å². The van der Waals surface area contributed by atoms with E-state index in [2.05, 4.69) is 76.4 Å². The summed E-state index contributed by atoms with van der Waals surface area (Å²) in [4.78, 5) is 214. The van der Waals surface area contributed by atoms with Gasteiger partial charge in [-0.3, -0.25) is 71.9 Å². The van der Waals surface area contributed by atoms with Crippen LogP contribution in [0.3, 0.4) is 0 Å². The molecule has 2 aromatic carbocycles. The van der Waals surface area contributed by atoms with E-state index in [0.29, 0.717) is 31.4 Å². The Morgan fingerprint density at radius 2 is 0.912 bits per heavy atom. The zero-order valence-corrected chi connectivity index (χ0v) is 57.8. The van der Waals surface area contributed by atoms with Crippen LogP contribution < -0.4 is 69.5 Å². The van der Waals surface area contributed by atoms with Crippen LogP contribution in [0.1, 0.15) is 110 Å². The maximum atomic E-state index is 14.7. The number of rotatable bonds is 40. The topological polar surface area (TPSA) is 588 Å². The number of likely N-dealkylation sites (tertiary alicyclic amines) is 1. The number of carbonyl (C=O) groups is 16. The number of aliphatic hydroxyl groups excluding tert-OH is 2. The number of amides is 13. The summed E-state index contributed by atoms with van der Waals surface area (Å²) in [7, 11) is 0. The van der Waals surface area contributed by atoms with Crippen molar-refractivity contribution in [3.05, 3.63) is 59.7 Å². The molecule has 0 saturated carbocycles. The number of aromatic hydroxyl groups is 2. The normalized spacial score (nSPS) is 17.9. The maximum Gasteiger partial charge on any atom is 0.326 e. The third-order valence-corrected chi connectivity index (χ3v) is 16.9. The van der Waals surface area contributed by atoms with Gasteiger partial charge in [0, 0.05) is 38.0 Å². The van der Waals surface area contributed by atoms with Crippen molar-refractivity contribution in [1.29, 1.82) is 0 Å². The van der Waals surface area contributed by atoms with E-state index >= 15 is 0 Å². The van der Waals surface area contributed by atoms with Crippen molar-refractivity contribution < 1.29 is 112 Å². The van der Waals surface area contributed by atoms with Gasteiger partial charge in [0.25, 0.3) is 0 Å². The lowest BCUT2D eigenvalue weighted by atomic mass is 10.00. The minimum atomic E-state index is -2.01. The molecule has 0 bridgehead atoms. The fourth-order valence-electron chi connectivity index (χ4n) is 10.7. The molecule has 2 fully saturated rings. The van der Waals surface area contributed by atoms with Crippen molar-refractivity contribution in [3.8, 4) is 11.5 Å². The monoisotopic (exact) mass is 1460 g/mol. The van der Waals surface area contributed by atoms with Crippen molar-refractivity contribution in [3.63, 3.8) is 0 Å². The number of primary amides is 1. The molecule has 21 N–H and O–H groups in total. The molecule has 2 aromatic rings. The summed E-state index contributed by atoms with van der Waals surface area (Å²) in [5.74, 6) is -19.5. The Kier molecular flexibility index (Phi) is 33.3. The van der Waals surface area contributed by atoms with Crippen molar-refractivity contribution in [2.24, 2.45) is 11.7 Å². The van der Waals surface area contributed by atoms with Gasteiger partial charge in [0.1, 0.15) is 84.0 Å². The van der Waals surface area contributed by atoms with Crippen LogP contribution in [0.25, 0.3) is 0 Å². The molecule has 102 heavy (non-hydrogen) atoms. The van der Waals surface area contributed by atoms with Gasteiger partial charge in [-0.1, -0.05) is 38.1 Å². The van der Waals surface area contributed by atoms with Crippen LogP contribution in [0, 0.1) is 5.92 Å². The Hall–Kier alpha value is -10.2. The Balaban J connectivity index is 1.53. The highest BCUT2D eigenvalue weighted by Crippen LogP contribution is 2.21. The van der Waals surface area contributed by atoms with Crippen LogP contribution >= 0.6 is 12.6 Å². The third-order valence-electron chi connectivity index (χ3n) is 16.5. The molecule has 38 heteroatoms. The van der Waals surface area contributed by atoms with Crippen LogP contribution in [0.5, 0.6) is 11.5 Å². The number of nitrogens with two attached hydrogens (primary N) is 1. The number of thiol groups is 1. The molecule has 0 aliphatic carbocycles. The molecule has 0 radical (unpaired) electrons. The van der Waals surface area contributed by atoms with Gasteiger partial charge in [0.2, 0.25) is 76.8 Å². The third kappa shape index (κ3) is 26.7. The molecular weight excluding hydrogens is 1360 g/mol. The van der Waals surface area contributed by atoms with Gasteiger partial charge in [-0.15, -0.1) is 0 Å². The molecule has 0 spiro atoms. The quantitative estimate of drug-likeness (QED) is 0.0276. The molecule has 0 aromatic heterocycles. The van der Waals surface area contributed by atoms with E-state index in [-0.39, 0.29) is 49.3 Å². The summed E-state index contributed by atoms with van der Waals surface area (Å²) in [5, 5.41) is 99.7. The van der Waals surface area contributed by atoms with Crippen LogP contribution in [-0.2, 0) is 89.6 Å². The summed E-state index contributed by atoms with van der Waals surface area (Å²) in [6.45, 7) is 7.98. The Morgan fingerprint density at radius 3 is 1.38 bits per heavy atom. The standard InChI is InChI=1S/C64H92N14O23S/c1-29(2)49(75-62(98)51(33(6)80)76-58(94)43(27-48(86)87)72-55(91)39(20-22-47(84)85)69-54(90)38-9-7-23-66-38)60(96)77-50(32(5)79)61(97)73-42(26-35-13-17-37(82)18-14-35)56(92)71-41(25-34-11-15-36(81)16-12-34)57(93)74-44(28-102)59(95)68-30(3)52(88)67-31(4)53(89)70-40(19-21-46(65)83)63(99)78-24-8-10-45(78)64(100)101/h11-18,29-33,38-45,49-51,66,79-82,102H,7-10,19-28H2,1-6H3,(H2,65,83)(H,67,88)(H,68,95)(H,69,90)(H,70,89)(H,71,92)(H,72,91)(H,73,97)(H,74,93)(H,75,98)(H,76,94)(H,77,96)(H,84,85)(H,86,87)(H,100,101)/t30-,31-,32+,33+,38-,39-,40-,41-,42-,43-,44-,45-,49-,50-,51-/m0/s1. The second-order valence-corrected chi connectivity index (χ2v) is 25.5. The lowest BCUT2D eigenvalue weighted by Gasteiger charge is -2.30. The van der Waals surface area contributed by atoms with Gasteiger partial charge >= 0.3 is 17.9 Å². The Labute approximate surface area is 590 Å². The van der Waals surface area contributed by atoms with Crippen LogP contribution in [0.2, 0.25) is 0 Å². The van der Waals surface area contributed by atoms with Crippen LogP contribution in [0.4, 0.5) is 0 Å². The zero-order valence-electron chi connectivity index (χ0n) is 56.9. The highest BCUT2D eigenvalue weighted by Gasteiger charge is 2.41. The molecule has 2 aliphatic heterocycles. The van der Waals surface area contributed by atoms with Crippen molar-refractivity contribution >= 4 is 107 Å². The fraction of sp³-hybridized carbons (Fsp3) is 0.562. The number of phenolic OH excluding ortho intramolecular Hbond substituents is 2. The maximum absolute atomic E-state index is 14.7. The number of aliphatic hydroxyl groups is 2. The number of benzene rings is 2. The summed E-state index contributed by atoms with van der Waals surface area (Å²) in [6, 6.07) is -9.75. The number of nitrogens with zero attached hydrogens (tertiary/aromatic N) is 1. The van der Waals surface area contributed by atoms with E-state index in [4.69, 9.17) is 5.73 Å². The number of hydrogen-bond acceptors (Lipinski definition) is 22. The molecule has 15 atom stereocenters. The van der Waals surface area contributed by atoms with Gasteiger partial charge < -0.3 is 110 Å². The zero-order chi connectivity index (χ0) is 76.4. The Bertz CT molecular complexity index is 3360. The second-order valence-electron chi connectivity index (χ2n) is 25.1. The molecule has 0 unspecified atom stereocenters. The first kappa shape index (κ1) is 84.2. The molecule has 2 aliphatic rings. The van der Waals surface area contributed by atoms with E-state index in [9.17, 15) is 112 Å². The van der Waals surface area contributed by atoms with E-state index < -0.39 is 223 Å². The Morgan fingerprint density at radius 1 is 0.490 bits per heavy atom. The molecule has 4 rings (SSSR count). The molecular formula is C64H92N14O23S. The van der Waals surface area contributed by atoms with E-state index in [1.54, 1.807) is 0 Å². The van der Waals surface area contributed by atoms with Gasteiger partial charge in [-0.2, -0.15) is 12.6 Å². The molecule has 562 valence electrons. The van der Waals surface area contributed by atoms with E-state index in [1.807, 2.05) is 0 Å². The molecule has 13 amide bonds. The first-order chi connectivity index (χ1) is 47.9. The number of hydrogen-bond donors (Lipinski definition) is 21. The largest absolute Gasteiger partial charge is 0.508 e. The highest BCUT2D eigenvalue weighted by molar-refractivity contribution is 7.80. The predicted octanol–water partition coefficient (Wildman–Crippen LogP) is -5.96. The minimum Gasteiger partial charge on any atom is -0.508 e. The minimum absolute atomic E-state index is 0.0631. The number of carbonyl (C=O) groups excluding carboxylic acids is 13. The summed E-state index contributed by atoms with van der Waals surface area (Å²) in [6.07, 6.45) is -5.77. The van der Waals surface area contributed by atoms with Crippen LogP contribution in [0.15, 0.2) is 48.5 Å². The van der Waals surface area contributed by atoms with Gasteiger partial charge in [-0.05, 0) is 114 Å². The van der Waals surface area contributed by atoms with E-state index in [0.717, 1.165) is 18.7 Å². The number of carboxylic acid groups (broad SMARTS) is 3. The van der Waals surface area contributed by atoms with Gasteiger partial charge in [-0.25, -0.2) is 4.79 Å². The molecule has 2 heterocycles. The number of aliphatic carboxylic acids is 3. The summed E-state index contributed by atoms with van der Waals surface area (Å²) in [5.41, 5.74) is 5.90. The molecule has 37 nitrogen and oxygen atoms in total. The van der Waals surface area contributed by atoms with Gasteiger partial charge in [0.05, 0.1) is 24.7 Å². The highest BCUT2D eigenvalue weighted by atomic mass is 32.1. The first-order valence-corrected chi connectivity index (χ1v) is 33.4. The van der Waals surface area contributed by atoms with Gasteiger partial charge in [0.15, 0.2) is 0 Å². The lowest BCUT2D eigenvalue weighted by Crippen LogP contribution is -2.64. The number of nitrogens with one attached hydrogen (secondary N) is 12. The van der Waals surface area contributed by atoms with Crippen molar-refractivity contribution in [2.75, 3.05) is 18.8 Å². The number of phenols is 2. The SMILES string of the molecule is CC(C)[C@H](NC(=O)[C@@H](NC(=O)[C@H](CC(=O)O)NC(=O)[C@H](CCC(=O)O)NC(=O)[C@@H]1CCCN1)[C@@H](C)O)C(=O)N[C@H](C(=O)N[C@@H](Cc1ccc(O)cc1)C(=O)N[C@@H](Cc1ccc(O)cc1)C(=O)N[C@@H](CS)C(=O)N[C@@H](C)C(=O)N[C@@H](C)C(=O)N[C@@H](CCC(N)=O)C(=O)N1CCC[C@H]1C(=O)O)[C@@H](C)O. The molecule has 2 saturated heterocycles. The van der Waals surface area contributed by atoms with E-state index in [1.165, 1.54) is 76.2 Å². The summed E-state index contributed by atoms with van der Waals surface area (Å²) < 4.78 is 0. The lowest BCUT2D eigenvalue weighted by molar-refractivity contribution is -0.149. The number of carboxylic acids is 3. The first-order valence-electron chi connectivity index (χ1n) is 32.8. The smallest absolute Gasteiger partial charge is 0.326 e.